The van der Waals surface area contributed by atoms with Gasteiger partial charge in [0.05, 0.1) is 19.4 Å². The van der Waals surface area contributed by atoms with Crippen molar-refractivity contribution < 1.29 is 14.3 Å². The van der Waals surface area contributed by atoms with Crippen molar-refractivity contribution in [3.8, 4) is 11.5 Å². The lowest BCUT2D eigenvalue weighted by atomic mass is 10.1. The molecule has 0 spiro atoms. The Bertz CT molecular complexity index is 996. The second-order valence-corrected chi connectivity index (χ2v) is 7.27. The van der Waals surface area contributed by atoms with E-state index in [0.29, 0.717) is 5.56 Å². The Balaban J connectivity index is 1.26. The molecule has 1 heterocycles. The van der Waals surface area contributed by atoms with Crippen LogP contribution in [0.5, 0.6) is 11.5 Å². The van der Waals surface area contributed by atoms with Crippen molar-refractivity contribution in [1.29, 1.82) is 0 Å². The SMILES string of the molecule is O=C(N/N=C\c1ccc(Oc2ccccc2)cc1)c1ccc(CN2CCOCC2)cc1. The lowest BCUT2D eigenvalue weighted by molar-refractivity contribution is 0.0342. The Morgan fingerprint density at radius 3 is 2.32 bits per heavy atom. The summed E-state index contributed by atoms with van der Waals surface area (Å²) in [6, 6.07) is 24.7. The largest absolute Gasteiger partial charge is 0.457 e. The van der Waals surface area contributed by atoms with Gasteiger partial charge in [0.15, 0.2) is 0 Å². The van der Waals surface area contributed by atoms with Crippen LogP contribution in [0.2, 0.25) is 0 Å². The first-order valence-electron chi connectivity index (χ1n) is 10.3. The molecule has 0 unspecified atom stereocenters. The molecule has 0 atom stereocenters. The van der Waals surface area contributed by atoms with E-state index in [1.807, 2.05) is 78.9 Å². The van der Waals surface area contributed by atoms with Gasteiger partial charge in [-0.2, -0.15) is 5.10 Å². The van der Waals surface area contributed by atoms with Crippen LogP contribution in [0, 0.1) is 0 Å². The third-order valence-corrected chi connectivity index (χ3v) is 4.96. The molecular formula is C25H25N3O3. The normalized spacial score (nSPS) is 14.5. The van der Waals surface area contributed by atoms with Crippen molar-refractivity contribution in [1.82, 2.24) is 10.3 Å². The Morgan fingerprint density at radius 2 is 1.61 bits per heavy atom. The van der Waals surface area contributed by atoms with Crippen LogP contribution < -0.4 is 10.2 Å². The van der Waals surface area contributed by atoms with Gasteiger partial charge in [-0.1, -0.05) is 30.3 Å². The van der Waals surface area contributed by atoms with Crippen LogP contribution in [0.1, 0.15) is 21.5 Å². The number of carbonyl (C=O) groups excluding carboxylic acids is 1. The van der Waals surface area contributed by atoms with E-state index in [2.05, 4.69) is 15.4 Å². The smallest absolute Gasteiger partial charge is 0.271 e. The van der Waals surface area contributed by atoms with Gasteiger partial charge in [-0.15, -0.1) is 0 Å². The van der Waals surface area contributed by atoms with Gasteiger partial charge in [0.25, 0.3) is 5.91 Å². The minimum absolute atomic E-state index is 0.238. The third-order valence-electron chi connectivity index (χ3n) is 4.96. The number of rotatable bonds is 7. The minimum atomic E-state index is -0.238. The maximum absolute atomic E-state index is 12.3. The average molecular weight is 415 g/mol. The van der Waals surface area contributed by atoms with E-state index in [4.69, 9.17) is 9.47 Å². The first kappa shape index (κ1) is 20.8. The van der Waals surface area contributed by atoms with Gasteiger partial charge in [-0.05, 0) is 59.7 Å². The monoisotopic (exact) mass is 415 g/mol. The van der Waals surface area contributed by atoms with Crippen LogP contribution in [0.15, 0.2) is 84.0 Å². The minimum Gasteiger partial charge on any atom is -0.457 e. The zero-order valence-corrected chi connectivity index (χ0v) is 17.2. The molecule has 31 heavy (non-hydrogen) atoms. The van der Waals surface area contributed by atoms with Gasteiger partial charge in [0.1, 0.15) is 11.5 Å². The molecule has 0 saturated carbocycles. The van der Waals surface area contributed by atoms with E-state index in [1.165, 1.54) is 5.56 Å². The van der Waals surface area contributed by atoms with Crippen molar-refractivity contribution >= 4 is 12.1 Å². The van der Waals surface area contributed by atoms with E-state index < -0.39 is 0 Å². The number of amides is 1. The molecule has 3 aromatic rings. The predicted molar refractivity (Wildman–Crippen MR) is 121 cm³/mol. The quantitative estimate of drug-likeness (QED) is 0.467. The van der Waals surface area contributed by atoms with Gasteiger partial charge in [-0.25, -0.2) is 5.43 Å². The zero-order chi connectivity index (χ0) is 21.3. The Kier molecular flexibility index (Phi) is 7.05. The second-order valence-electron chi connectivity index (χ2n) is 7.27. The molecular weight excluding hydrogens is 390 g/mol. The van der Waals surface area contributed by atoms with Crippen molar-refractivity contribution in [3.05, 3.63) is 95.6 Å². The highest BCUT2D eigenvalue weighted by Crippen LogP contribution is 2.20. The zero-order valence-electron chi connectivity index (χ0n) is 17.2. The van der Waals surface area contributed by atoms with Gasteiger partial charge in [-0.3, -0.25) is 9.69 Å². The fourth-order valence-corrected chi connectivity index (χ4v) is 3.26. The fourth-order valence-electron chi connectivity index (χ4n) is 3.26. The second kappa shape index (κ2) is 10.5. The van der Waals surface area contributed by atoms with Gasteiger partial charge >= 0.3 is 0 Å². The number of hydrogen-bond donors (Lipinski definition) is 1. The van der Waals surface area contributed by atoms with Crippen molar-refractivity contribution in [2.75, 3.05) is 26.3 Å². The molecule has 0 radical (unpaired) electrons. The summed E-state index contributed by atoms with van der Waals surface area (Å²) in [6.07, 6.45) is 1.61. The molecule has 158 valence electrons. The Morgan fingerprint density at radius 1 is 0.935 bits per heavy atom. The summed E-state index contributed by atoms with van der Waals surface area (Å²) in [4.78, 5) is 14.7. The van der Waals surface area contributed by atoms with Crippen LogP contribution in [-0.4, -0.2) is 43.3 Å². The summed E-state index contributed by atoms with van der Waals surface area (Å²) in [5.41, 5.74) is 5.20. The van der Waals surface area contributed by atoms with E-state index in [1.54, 1.807) is 6.21 Å². The van der Waals surface area contributed by atoms with Crippen LogP contribution in [-0.2, 0) is 11.3 Å². The maximum atomic E-state index is 12.3. The van der Waals surface area contributed by atoms with Crippen LogP contribution in [0.4, 0.5) is 0 Å². The summed E-state index contributed by atoms with van der Waals surface area (Å²) >= 11 is 0. The molecule has 3 aromatic carbocycles. The van der Waals surface area contributed by atoms with Gasteiger partial charge in [0, 0.05) is 25.2 Å². The fraction of sp³-hybridized carbons (Fsp3) is 0.200. The lowest BCUT2D eigenvalue weighted by Gasteiger charge is -2.26. The number of hydrogen-bond acceptors (Lipinski definition) is 5. The number of hydrazone groups is 1. The van der Waals surface area contributed by atoms with Crippen LogP contribution in [0.3, 0.4) is 0 Å². The molecule has 0 aliphatic carbocycles. The molecule has 1 fully saturated rings. The van der Waals surface area contributed by atoms with Gasteiger partial charge in [0.2, 0.25) is 0 Å². The molecule has 0 bridgehead atoms. The molecule has 6 nitrogen and oxygen atoms in total. The molecule has 1 saturated heterocycles. The summed E-state index contributed by atoms with van der Waals surface area (Å²) in [7, 11) is 0. The van der Waals surface area contributed by atoms with E-state index in [-0.39, 0.29) is 5.91 Å². The molecule has 6 heteroatoms. The number of carbonyl (C=O) groups is 1. The van der Waals surface area contributed by atoms with E-state index in [0.717, 1.165) is 49.9 Å². The lowest BCUT2D eigenvalue weighted by Crippen LogP contribution is -2.35. The van der Waals surface area contributed by atoms with Crippen molar-refractivity contribution in [3.63, 3.8) is 0 Å². The molecule has 1 N–H and O–H groups in total. The number of nitrogens with zero attached hydrogens (tertiary/aromatic N) is 2. The number of nitrogens with one attached hydrogen (secondary N) is 1. The van der Waals surface area contributed by atoms with Crippen molar-refractivity contribution in [2.45, 2.75) is 6.54 Å². The molecule has 0 aromatic heterocycles. The first-order chi connectivity index (χ1) is 15.3. The number of benzene rings is 3. The predicted octanol–water partition coefficient (Wildman–Crippen LogP) is 4.08. The average Bonchev–Trinajstić information content (AvgIpc) is 2.82. The Labute approximate surface area is 182 Å². The highest BCUT2D eigenvalue weighted by molar-refractivity contribution is 5.94. The standard InChI is InChI=1S/C25H25N3O3/c29-25(22-10-6-21(7-11-22)19-28-14-16-30-17-15-28)27-26-18-20-8-12-24(13-9-20)31-23-4-2-1-3-5-23/h1-13,18H,14-17,19H2,(H,27,29)/b26-18-. The summed E-state index contributed by atoms with van der Waals surface area (Å²) in [6.45, 7) is 4.31. The molecule has 1 aliphatic rings. The summed E-state index contributed by atoms with van der Waals surface area (Å²) in [5, 5.41) is 4.06. The van der Waals surface area contributed by atoms with E-state index in [9.17, 15) is 4.79 Å². The third kappa shape index (κ3) is 6.25. The number of para-hydroxylation sites is 1. The molecule has 1 amide bonds. The van der Waals surface area contributed by atoms with Crippen LogP contribution in [0.25, 0.3) is 0 Å². The van der Waals surface area contributed by atoms with Crippen LogP contribution >= 0.6 is 0 Å². The van der Waals surface area contributed by atoms with Crippen molar-refractivity contribution in [2.24, 2.45) is 5.10 Å². The number of ether oxygens (including phenoxy) is 2. The summed E-state index contributed by atoms with van der Waals surface area (Å²) in [5.74, 6) is 1.29. The molecule has 1 aliphatic heterocycles. The molecule has 4 rings (SSSR count). The topological polar surface area (TPSA) is 63.2 Å². The highest BCUT2D eigenvalue weighted by atomic mass is 16.5. The summed E-state index contributed by atoms with van der Waals surface area (Å²) < 4.78 is 11.1. The number of morpholine rings is 1. The van der Waals surface area contributed by atoms with Gasteiger partial charge < -0.3 is 9.47 Å². The maximum Gasteiger partial charge on any atom is 0.271 e. The first-order valence-corrected chi connectivity index (χ1v) is 10.3. The van der Waals surface area contributed by atoms with E-state index >= 15 is 0 Å². The highest BCUT2D eigenvalue weighted by Gasteiger charge is 2.11. The Hall–Kier alpha value is -3.48.